The number of carbonyl (C=O) groups excluding carboxylic acids is 1. The first kappa shape index (κ1) is 15.2. The van der Waals surface area contributed by atoms with E-state index in [1.165, 1.54) is 0 Å². The highest BCUT2D eigenvalue weighted by Gasteiger charge is 2.41. The maximum absolute atomic E-state index is 12.0. The molecule has 2 atom stereocenters. The molecule has 2 unspecified atom stereocenters. The van der Waals surface area contributed by atoms with Gasteiger partial charge in [0, 0.05) is 12.1 Å². The summed E-state index contributed by atoms with van der Waals surface area (Å²) in [5.74, 6) is -2.20. The van der Waals surface area contributed by atoms with Crippen LogP contribution in [-0.2, 0) is 4.79 Å². The van der Waals surface area contributed by atoms with Crippen LogP contribution in [0.1, 0.15) is 17.5 Å². The Hall–Kier alpha value is -3.18. The number of carbonyl (C=O) groups is 1. The van der Waals surface area contributed by atoms with Crippen LogP contribution in [0.2, 0.25) is 0 Å². The molecule has 5 nitrogen and oxygen atoms in total. The molecule has 1 aromatic carbocycles. The molecule has 0 aliphatic heterocycles. The Bertz CT molecular complexity index is 702. The molecule has 0 fully saturated rings. The minimum absolute atomic E-state index is 0.583. The van der Waals surface area contributed by atoms with E-state index in [0.717, 1.165) is 5.56 Å². The van der Waals surface area contributed by atoms with Gasteiger partial charge in [-0.2, -0.15) is 15.1 Å². The highest BCUT2D eigenvalue weighted by molar-refractivity contribution is 5.78. The van der Waals surface area contributed by atoms with Gasteiger partial charge in [0.1, 0.15) is 5.92 Å². The molecule has 0 aliphatic rings. The lowest BCUT2D eigenvalue weighted by Crippen LogP contribution is -2.50. The van der Waals surface area contributed by atoms with Crippen molar-refractivity contribution < 1.29 is 9.36 Å². The first-order valence-electron chi connectivity index (χ1n) is 6.78. The van der Waals surface area contributed by atoms with Crippen molar-refractivity contribution in [2.45, 2.75) is 12.0 Å². The number of amides is 1. The smallest absolute Gasteiger partial charge is 0.287 e. The molecule has 0 radical (unpaired) electrons. The molecular weight excluding hydrogens is 276 g/mol. The van der Waals surface area contributed by atoms with E-state index in [-0.39, 0.29) is 0 Å². The van der Waals surface area contributed by atoms with Crippen LogP contribution in [0.3, 0.4) is 0 Å². The van der Waals surface area contributed by atoms with Crippen LogP contribution < -0.4 is 10.3 Å². The maximum atomic E-state index is 12.0. The Balaban J connectivity index is 2.58. The number of primary amides is 1. The van der Waals surface area contributed by atoms with Crippen LogP contribution in [0.25, 0.3) is 0 Å². The van der Waals surface area contributed by atoms with E-state index < -0.39 is 23.8 Å². The minimum atomic E-state index is -0.979. The van der Waals surface area contributed by atoms with E-state index in [9.17, 15) is 15.3 Å². The maximum Gasteiger partial charge on any atom is 0.287 e. The van der Waals surface area contributed by atoms with Gasteiger partial charge in [-0.1, -0.05) is 36.4 Å². The van der Waals surface area contributed by atoms with Gasteiger partial charge in [0.15, 0.2) is 12.4 Å². The molecule has 108 valence electrons. The summed E-state index contributed by atoms with van der Waals surface area (Å²) in [4.78, 5) is 12.0. The number of benzene rings is 1. The van der Waals surface area contributed by atoms with Crippen LogP contribution in [0, 0.1) is 28.6 Å². The quantitative estimate of drug-likeness (QED) is 0.844. The number of rotatable bonds is 5. The fourth-order valence-electron chi connectivity index (χ4n) is 2.53. The summed E-state index contributed by atoms with van der Waals surface area (Å²) in [6, 6.07) is 17.5. The third kappa shape index (κ3) is 3.11. The van der Waals surface area contributed by atoms with E-state index >= 15 is 0 Å². The van der Waals surface area contributed by atoms with Gasteiger partial charge >= 0.3 is 0 Å². The normalized spacial score (nSPS) is 12.9. The molecule has 2 N–H and O–H groups in total. The van der Waals surface area contributed by atoms with Crippen LogP contribution in [0.15, 0.2) is 60.9 Å². The Morgan fingerprint density at radius 1 is 1.00 bits per heavy atom. The molecule has 1 aromatic heterocycles. The minimum Gasteiger partial charge on any atom is -0.364 e. The van der Waals surface area contributed by atoms with Crippen LogP contribution in [0.5, 0.6) is 0 Å². The standard InChI is InChI=1S/C17H14N4O/c18-11-14(12-19)15(13-7-3-1-4-8-13)16(17(20)22)21-9-5-2-6-10-21/h1-10,14-16H,(H-,20,22)/p+1. The van der Waals surface area contributed by atoms with Crippen molar-refractivity contribution in [1.82, 2.24) is 0 Å². The fourth-order valence-corrected chi connectivity index (χ4v) is 2.53. The molecule has 0 bridgehead atoms. The number of nitrogens with zero attached hydrogens (tertiary/aromatic N) is 3. The average molecular weight is 291 g/mol. The zero-order valence-electron chi connectivity index (χ0n) is 11.8. The van der Waals surface area contributed by atoms with Gasteiger partial charge in [0.25, 0.3) is 5.91 Å². The summed E-state index contributed by atoms with van der Waals surface area (Å²) >= 11 is 0. The molecule has 2 aromatic rings. The molecule has 5 heteroatoms. The van der Waals surface area contributed by atoms with E-state index in [1.54, 1.807) is 41.2 Å². The van der Waals surface area contributed by atoms with Crippen molar-refractivity contribution in [3.63, 3.8) is 0 Å². The highest BCUT2D eigenvalue weighted by atomic mass is 16.1. The predicted octanol–water partition coefficient (Wildman–Crippen LogP) is 1.45. The monoisotopic (exact) mass is 291 g/mol. The summed E-state index contributed by atoms with van der Waals surface area (Å²) in [6.07, 6.45) is 3.41. The Labute approximate surface area is 128 Å². The van der Waals surface area contributed by atoms with E-state index in [1.807, 2.05) is 36.4 Å². The Morgan fingerprint density at radius 2 is 1.55 bits per heavy atom. The van der Waals surface area contributed by atoms with Gasteiger partial charge in [-0.25, -0.2) is 0 Å². The van der Waals surface area contributed by atoms with Crippen LogP contribution >= 0.6 is 0 Å². The van der Waals surface area contributed by atoms with Gasteiger partial charge in [0.05, 0.1) is 18.1 Å². The zero-order valence-corrected chi connectivity index (χ0v) is 11.8. The second-order valence-electron chi connectivity index (χ2n) is 4.84. The Morgan fingerprint density at radius 3 is 2.05 bits per heavy atom. The molecule has 0 spiro atoms. The van der Waals surface area contributed by atoms with Crippen molar-refractivity contribution in [3.05, 3.63) is 66.5 Å². The largest absolute Gasteiger partial charge is 0.364 e. The molecule has 22 heavy (non-hydrogen) atoms. The van der Waals surface area contributed by atoms with Crippen molar-refractivity contribution in [2.24, 2.45) is 11.7 Å². The molecule has 2 rings (SSSR count). The first-order valence-corrected chi connectivity index (χ1v) is 6.78. The summed E-state index contributed by atoms with van der Waals surface area (Å²) in [5.41, 5.74) is 6.31. The summed E-state index contributed by atoms with van der Waals surface area (Å²) in [7, 11) is 0. The molecule has 0 saturated carbocycles. The zero-order chi connectivity index (χ0) is 15.9. The van der Waals surface area contributed by atoms with E-state index in [0.29, 0.717) is 0 Å². The second kappa shape index (κ2) is 7.01. The van der Waals surface area contributed by atoms with Gasteiger partial charge in [0.2, 0.25) is 6.04 Å². The van der Waals surface area contributed by atoms with Gasteiger partial charge < -0.3 is 5.73 Å². The topological polar surface area (TPSA) is 94.5 Å². The summed E-state index contributed by atoms with van der Waals surface area (Å²) < 4.78 is 1.64. The van der Waals surface area contributed by atoms with Gasteiger partial charge in [-0.3, -0.25) is 4.79 Å². The van der Waals surface area contributed by atoms with Crippen molar-refractivity contribution in [3.8, 4) is 12.1 Å². The number of nitrogens with two attached hydrogens (primary N) is 1. The predicted molar refractivity (Wildman–Crippen MR) is 78.8 cm³/mol. The van der Waals surface area contributed by atoms with Gasteiger partial charge in [-0.05, 0) is 5.56 Å². The van der Waals surface area contributed by atoms with Crippen LogP contribution in [-0.4, -0.2) is 5.91 Å². The van der Waals surface area contributed by atoms with Crippen molar-refractivity contribution in [1.29, 1.82) is 10.5 Å². The average Bonchev–Trinajstić information content (AvgIpc) is 2.56. The lowest BCUT2D eigenvalue weighted by molar-refractivity contribution is -0.712. The number of hydrogen-bond donors (Lipinski definition) is 1. The van der Waals surface area contributed by atoms with E-state index in [2.05, 4.69) is 0 Å². The highest BCUT2D eigenvalue weighted by Crippen LogP contribution is 2.32. The fraction of sp³-hybridized carbons (Fsp3) is 0.176. The number of hydrogen-bond acceptors (Lipinski definition) is 3. The number of pyridine rings is 1. The lowest BCUT2D eigenvalue weighted by atomic mass is 9.81. The number of nitriles is 2. The van der Waals surface area contributed by atoms with Crippen LogP contribution in [0.4, 0.5) is 0 Å². The van der Waals surface area contributed by atoms with Gasteiger partial charge in [-0.15, -0.1) is 0 Å². The first-order chi connectivity index (χ1) is 10.7. The molecular formula is C17H15N4O+. The molecule has 1 amide bonds. The number of aromatic nitrogens is 1. The third-order valence-corrected chi connectivity index (χ3v) is 3.51. The summed E-state index contributed by atoms with van der Waals surface area (Å²) in [6.45, 7) is 0. The molecule has 0 saturated heterocycles. The van der Waals surface area contributed by atoms with Crippen molar-refractivity contribution >= 4 is 5.91 Å². The Kier molecular flexibility index (Phi) is 4.85. The molecule has 0 aliphatic carbocycles. The third-order valence-electron chi connectivity index (χ3n) is 3.51. The van der Waals surface area contributed by atoms with Crippen molar-refractivity contribution in [2.75, 3.05) is 0 Å². The molecule has 1 heterocycles. The SMILES string of the molecule is N#CC(C#N)C(c1ccccc1)C(C(N)=O)[n+]1ccccc1. The van der Waals surface area contributed by atoms with E-state index in [4.69, 9.17) is 5.73 Å². The second-order valence-corrected chi connectivity index (χ2v) is 4.84. The summed E-state index contributed by atoms with van der Waals surface area (Å²) in [5, 5.41) is 18.6. The lowest BCUT2D eigenvalue weighted by Gasteiger charge is -2.21.